The summed E-state index contributed by atoms with van der Waals surface area (Å²) < 4.78 is 5.64. The maximum Gasteiger partial charge on any atom is 0.237 e. The second kappa shape index (κ2) is 8.72. The van der Waals surface area contributed by atoms with Crippen LogP contribution >= 0.6 is 0 Å². The topological polar surface area (TPSA) is 58.6 Å². The highest BCUT2D eigenvalue weighted by Crippen LogP contribution is 2.23. The maximum absolute atomic E-state index is 12.9. The number of morpholine rings is 1. The molecule has 25 heavy (non-hydrogen) atoms. The zero-order valence-corrected chi connectivity index (χ0v) is 15.5. The van der Waals surface area contributed by atoms with Crippen molar-refractivity contribution in [3.05, 3.63) is 23.8 Å². The van der Waals surface area contributed by atoms with Crippen LogP contribution in [0, 0.1) is 6.92 Å². The number of nitrogens with zero attached hydrogens (tertiary/aromatic N) is 4. The minimum atomic E-state index is 0.139. The van der Waals surface area contributed by atoms with Crippen molar-refractivity contribution in [2.24, 2.45) is 0 Å². The van der Waals surface area contributed by atoms with E-state index in [1.54, 1.807) is 12.4 Å². The molecule has 6 nitrogen and oxygen atoms in total. The molecule has 2 fully saturated rings. The van der Waals surface area contributed by atoms with Crippen LogP contribution in [0.5, 0.6) is 0 Å². The summed E-state index contributed by atoms with van der Waals surface area (Å²) in [6.45, 7) is 4.46. The molecule has 1 amide bonds. The molecule has 1 atom stereocenters. The number of likely N-dealkylation sites (N-methyl/N-ethyl adjacent to an activating group) is 1. The minimum absolute atomic E-state index is 0.139. The van der Waals surface area contributed by atoms with Gasteiger partial charge in [-0.3, -0.25) is 19.7 Å². The molecule has 0 N–H and O–H groups in total. The Morgan fingerprint density at radius 1 is 1.32 bits per heavy atom. The Labute approximate surface area is 150 Å². The molecule has 0 aromatic carbocycles. The van der Waals surface area contributed by atoms with Crippen molar-refractivity contribution in [3.8, 4) is 0 Å². The van der Waals surface area contributed by atoms with Crippen molar-refractivity contribution in [1.82, 2.24) is 19.8 Å². The Morgan fingerprint density at radius 2 is 2.08 bits per heavy atom. The maximum atomic E-state index is 12.9. The van der Waals surface area contributed by atoms with Crippen LogP contribution in [0.15, 0.2) is 12.4 Å². The van der Waals surface area contributed by atoms with Gasteiger partial charge in [0.2, 0.25) is 5.91 Å². The third-order valence-electron chi connectivity index (χ3n) is 5.58. The predicted molar refractivity (Wildman–Crippen MR) is 96.3 cm³/mol. The summed E-state index contributed by atoms with van der Waals surface area (Å²) in [6.07, 6.45) is 10.2. The van der Waals surface area contributed by atoms with Crippen LogP contribution in [-0.4, -0.2) is 71.1 Å². The predicted octanol–water partition coefficient (Wildman–Crippen LogP) is 1.82. The van der Waals surface area contributed by atoms with Crippen LogP contribution in [-0.2, 0) is 16.0 Å². The van der Waals surface area contributed by atoms with E-state index in [2.05, 4.69) is 21.9 Å². The SMILES string of the molecule is Cc1nccnc1CCC1COCCN1C(=O)CN(C)C1CCCC1. The fourth-order valence-electron chi connectivity index (χ4n) is 3.99. The number of amides is 1. The number of aromatic nitrogens is 2. The molecule has 0 spiro atoms. The van der Waals surface area contributed by atoms with Gasteiger partial charge < -0.3 is 9.64 Å². The molecule has 2 heterocycles. The van der Waals surface area contributed by atoms with Crippen molar-refractivity contribution in [3.63, 3.8) is 0 Å². The Hall–Kier alpha value is -1.53. The van der Waals surface area contributed by atoms with E-state index in [0.717, 1.165) is 24.2 Å². The van der Waals surface area contributed by atoms with E-state index in [0.29, 0.717) is 32.3 Å². The number of carbonyl (C=O) groups is 1. The average molecular weight is 346 g/mol. The second-order valence-electron chi connectivity index (χ2n) is 7.30. The van der Waals surface area contributed by atoms with E-state index < -0.39 is 0 Å². The standard InChI is InChI=1S/C19H30N4O2/c1-15-18(21-10-9-20-15)8-7-17-14-25-12-11-23(17)19(24)13-22(2)16-5-3-4-6-16/h9-10,16-17H,3-8,11-14H2,1-2H3. The molecule has 1 aromatic rings. The van der Waals surface area contributed by atoms with Gasteiger partial charge in [0.05, 0.1) is 37.2 Å². The smallest absolute Gasteiger partial charge is 0.237 e. The number of hydrogen-bond donors (Lipinski definition) is 0. The van der Waals surface area contributed by atoms with Gasteiger partial charge in [-0.15, -0.1) is 0 Å². The highest BCUT2D eigenvalue weighted by atomic mass is 16.5. The summed E-state index contributed by atoms with van der Waals surface area (Å²) in [4.78, 5) is 25.8. The van der Waals surface area contributed by atoms with Gasteiger partial charge in [-0.2, -0.15) is 0 Å². The van der Waals surface area contributed by atoms with Crippen LogP contribution in [0.1, 0.15) is 43.5 Å². The van der Waals surface area contributed by atoms with E-state index in [4.69, 9.17) is 4.74 Å². The normalized spacial score (nSPS) is 21.9. The van der Waals surface area contributed by atoms with Crippen molar-refractivity contribution in [2.75, 3.05) is 33.4 Å². The third-order valence-corrected chi connectivity index (χ3v) is 5.58. The monoisotopic (exact) mass is 346 g/mol. The van der Waals surface area contributed by atoms with Crippen LogP contribution < -0.4 is 0 Å². The zero-order valence-electron chi connectivity index (χ0n) is 15.5. The average Bonchev–Trinajstić information content (AvgIpc) is 3.16. The number of hydrogen-bond acceptors (Lipinski definition) is 5. The molecule has 1 aromatic heterocycles. The molecule has 1 aliphatic carbocycles. The van der Waals surface area contributed by atoms with E-state index in [1.807, 2.05) is 11.8 Å². The van der Waals surface area contributed by atoms with Gasteiger partial charge in [-0.05, 0) is 39.7 Å². The first-order valence-corrected chi connectivity index (χ1v) is 9.49. The third kappa shape index (κ3) is 4.76. The number of ether oxygens (including phenoxy) is 1. The molecule has 6 heteroatoms. The molecule has 2 aliphatic rings. The summed E-state index contributed by atoms with van der Waals surface area (Å²) in [5, 5.41) is 0. The Balaban J connectivity index is 1.56. The number of aryl methyl sites for hydroxylation is 2. The molecule has 1 aliphatic heterocycles. The highest BCUT2D eigenvalue weighted by Gasteiger charge is 2.29. The van der Waals surface area contributed by atoms with Crippen LogP contribution in [0.3, 0.4) is 0 Å². The van der Waals surface area contributed by atoms with Gasteiger partial charge in [-0.1, -0.05) is 12.8 Å². The molecule has 138 valence electrons. The lowest BCUT2D eigenvalue weighted by Gasteiger charge is -2.37. The van der Waals surface area contributed by atoms with E-state index in [9.17, 15) is 4.79 Å². The van der Waals surface area contributed by atoms with Gasteiger partial charge in [0.15, 0.2) is 0 Å². The van der Waals surface area contributed by atoms with Crippen LogP contribution in [0.25, 0.3) is 0 Å². The van der Waals surface area contributed by atoms with E-state index >= 15 is 0 Å². The van der Waals surface area contributed by atoms with Gasteiger partial charge in [0.25, 0.3) is 0 Å². The van der Waals surface area contributed by atoms with Gasteiger partial charge >= 0.3 is 0 Å². The molecular weight excluding hydrogens is 316 g/mol. The van der Waals surface area contributed by atoms with Crippen LogP contribution in [0.4, 0.5) is 0 Å². The zero-order chi connectivity index (χ0) is 17.6. The van der Waals surface area contributed by atoms with Crippen molar-refractivity contribution < 1.29 is 9.53 Å². The largest absolute Gasteiger partial charge is 0.377 e. The quantitative estimate of drug-likeness (QED) is 0.786. The van der Waals surface area contributed by atoms with E-state index in [-0.39, 0.29) is 11.9 Å². The van der Waals surface area contributed by atoms with Gasteiger partial charge in [-0.25, -0.2) is 0 Å². The fourth-order valence-corrected chi connectivity index (χ4v) is 3.99. The first kappa shape index (κ1) is 18.3. The van der Waals surface area contributed by atoms with Gasteiger partial charge in [0.1, 0.15) is 0 Å². The molecular formula is C19H30N4O2. The lowest BCUT2D eigenvalue weighted by Crippen LogP contribution is -2.52. The molecule has 1 saturated carbocycles. The van der Waals surface area contributed by atoms with Crippen molar-refractivity contribution in [2.45, 2.75) is 57.5 Å². The molecule has 0 bridgehead atoms. The van der Waals surface area contributed by atoms with Crippen molar-refractivity contribution in [1.29, 1.82) is 0 Å². The summed E-state index contributed by atoms with van der Waals surface area (Å²) in [6, 6.07) is 0.713. The minimum Gasteiger partial charge on any atom is -0.377 e. The number of rotatable bonds is 6. The summed E-state index contributed by atoms with van der Waals surface area (Å²) in [7, 11) is 2.09. The molecule has 1 unspecified atom stereocenters. The highest BCUT2D eigenvalue weighted by molar-refractivity contribution is 5.78. The Bertz CT molecular complexity index is 574. The van der Waals surface area contributed by atoms with Gasteiger partial charge in [0, 0.05) is 25.0 Å². The fraction of sp³-hybridized carbons (Fsp3) is 0.737. The van der Waals surface area contributed by atoms with E-state index in [1.165, 1.54) is 25.7 Å². The molecule has 3 rings (SSSR count). The molecule has 0 radical (unpaired) electrons. The lowest BCUT2D eigenvalue weighted by molar-refractivity contribution is -0.141. The lowest BCUT2D eigenvalue weighted by atomic mass is 10.1. The summed E-state index contributed by atoms with van der Waals surface area (Å²) in [5.41, 5.74) is 1.99. The second-order valence-corrected chi connectivity index (χ2v) is 7.30. The number of carbonyl (C=O) groups excluding carboxylic acids is 1. The Morgan fingerprint density at radius 3 is 2.84 bits per heavy atom. The Kier molecular flexibility index (Phi) is 6.37. The summed E-state index contributed by atoms with van der Waals surface area (Å²) in [5.74, 6) is 0.235. The molecule has 1 saturated heterocycles. The van der Waals surface area contributed by atoms with Crippen molar-refractivity contribution >= 4 is 5.91 Å². The first-order chi connectivity index (χ1) is 12.1. The first-order valence-electron chi connectivity index (χ1n) is 9.49. The summed E-state index contributed by atoms with van der Waals surface area (Å²) >= 11 is 0. The van der Waals surface area contributed by atoms with Crippen LogP contribution in [0.2, 0.25) is 0 Å².